The molecule has 0 atom stereocenters. The van der Waals surface area contributed by atoms with Gasteiger partial charge in [-0.05, 0) is 38.0 Å². The van der Waals surface area contributed by atoms with Crippen LogP contribution in [-0.4, -0.2) is 47.0 Å². The fourth-order valence-corrected chi connectivity index (χ4v) is 4.48. The highest BCUT2D eigenvalue weighted by Gasteiger charge is 2.27. The van der Waals surface area contributed by atoms with Gasteiger partial charge in [0.05, 0.1) is 24.5 Å². The molecule has 0 saturated carbocycles. The number of nitrogens with zero attached hydrogens (tertiary/aromatic N) is 2. The van der Waals surface area contributed by atoms with Crippen molar-refractivity contribution < 1.29 is 28.3 Å². The van der Waals surface area contributed by atoms with Gasteiger partial charge in [0.2, 0.25) is 11.8 Å². The summed E-state index contributed by atoms with van der Waals surface area (Å²) in [6.45, 7) is 5.32. The maximum Gasteiger partial charge on any atom is 0.348 e. The Morgan fingerprint density at radius 2 is 1.76 bits per heavy atom. The number of thiophene rings is 1. The van der Waals surface area contributed by atoms with Crippen molar-refractivity contribution in [2.75, 3.05) is 24.3 Å². The zero-order valence-corrected chi connectivity index (χ0v) is 20.5. The van der Waals surface area contributed by atoms with Gasteiger partial charge in [0, 0.05) is 6.08 Å². The van der Waals surface area contributed by atoms with Crippen molar-refractivity contribution in [2.24, 2.45) is 0 Å². The van der Waals surface area contributed by atoms with Gasteiger partial charge in [-0.1, -0.05) is 42.1 Å². The molecule has 0 radical (unpaired) electrons. The Morgan fingerprint density at radius 1 is 1.06 bits per heavy atom. The van der Waals surface area contributed by atoms with Crippen LogP contribution in [0.1, 0.15) is 50.9 Å². The summed E-state index contributed by atoms with van der Waals surface area (Å²) >= 11 is 2.02. The summed E-state index contributed by atoms with van der Waals surface area (Å²) < 4.78 is 15.7. The topological polar surface area (TPSA) is 121 Å². The molecule has 11 heteroatoms. The molecule has 0 saturated heterocycles. The molecular weight excluding hydrogens is 478 g/mol. The van der Waals surface area contributed by atoms with Crippen LogP contribution in [0.4, 0.5) is 5.00 Å². The molecule has 0 aliphatic heterocycles. The van der Waals surface area contributed by atoms with Crippen LogP contribution in [0.3, 0.4) is 0 Å². The molecular formula is C23H23N3O6S2. The molecule has 0 aliphatic carbocycles. The maximum absolute atomic E-state index is 12.6. The lowest BCUT2D eigenvalue weighted by molar-refractivity contribution is -0.113. The molecule has 34 heavy (non-hydrogen) atoms. The van der Waals surface area contributed by atoms with Crippen LogP contribution in [0.15, 0.2) is 40.0 Å². The third kappa shape index (κ3) is 6.55. The fourth-order valence-electron chi connectivity index (χ4n) is 2.81. The highest BCUT2D eigenvalue weighted by molar-refractivity contribution is 7.99. The standard InChI is InChI=1S/C23H23N3O6S2/c1-4-30-21(28)18-14(3)19(22(29)31-5-2)34-20(18)24-16(27)13-33-23-26-25-17(32-23)12-11-15-9-7-6-8-10-15/h6-12H,4-5,13H2,1-3H3,(H,24,27)/b12-11+. The van der Waals surface area contributed by atoms with E-state index in [9.17, 15) is 14.4 Å². The molecule has 0 spiro atoms. The monoisotopic (exact) mass is 501 g/mol. The number of thioether (sulfide) groups is 1. The Kier molecular flexibility index (Phi) is 9.00. The Labute approximate surface area is 204 Å². The molecule has 0 fully saturated rings. The first kappa shape index (κ1) is 25.2. The van der Waals surface area contributed by atoms with Crippen molar-refractivity contribution in [1.29, 1.82) is 0 Å². The zero-order valence-electron chi connectivity index (χ0n) is 18.8. The van der Waals surface area contributed by atoms with Gasteiger partial charge in [-0.2, -0.15) is 0 Å². The molecule has 3 rings (SSSR count). The second-order valence-corrected chi connectivity index (χ2v) is 8.64. The van der Waals surface area contributed by atoms with Crippen molar-refractivity contribution in [3.8, 4) is 0 Å². The number of benzene rings is 1. The number of amides is 1. The number of hydrogen-bond donors (Lipinski definition) is 1. The molecule has 9 nitrogen and oxygen atoms in total. The van der Waals surface area contributed by atoms with Crippen molar-refractivity contribution >= 4 is 58.1 Å². The summed E-state index contributed by atoms with van der Waals surface area (Å²) in [6.07, 6.45) is 3.52. The highest BCUT2D eigenvalue weighted by Crippen LogP contribution is 2.34. The van der Waals surface area contributed by atoms with E-state index in [0.29, 0.717) is 11.5 Å². The number of nitrogens with one attached hydrogen (secondary N) is 1. The van der Waals surface area contributed by atoms with Crippen LogP contribution in [0.5, 0.6) is 0 Å². The van der Waals surface area contributed by atoms with Crippen molar-refractivity contribution in [3.05, 3.63) is 57.8 Å². The van der Waals surface area contributed by atoms with Gasteiger partial charge in [-0.25, -0.2) is 9.59 Å². The predicted molar refractivity (Wildman–Crippen MR) is 130 cm³/mol. The highest BCUT2D eigenvalue weighted by atomic mass is 32.2. The van der Waals surface area contributed by atoms with Gasteiger partial charge in [0.25, 0.3) is 5.22 Å². The smallest absolute Gasteiger partial charge is 0.348 e. The molecule has 0 bridgehead atoms. The van der Waals surface area contributed by atoms with E-state index in [2.05, 4.69) is 15.5 Å². The largest absolute Gasteiger partial charge is 0.462 e. The summed E-state index contributed by atoms with van der Waals surface area (Å²) in [5, 5.41) is 11.0. The van der Waals surface area contributed by atoms with E-state index in [-0.39, 0.29) is 39.6 Å². The maximum atomic E-state index is 12.6. The lowest BCUT2D eigenvalue weighted by Crippen LogP contribution is -2.16. The van der Waals surface area contributed by atoms with Crippen molar-refractivity contribution in [3.63, 3.8) is 0 Å². The first-order valence-electron chi connectivity index (χ1n) is 10.4. The predicted octanol–water partition coefficient (Wildman–Crippen LogP) is 4.69. The molecule has 1 aromatic carbocycles. The molecule has 1 N–H and O–H groups in total. The summed E-state index contributed by atoms with van der Waals surface area (Å²) in [5.74, 6) is -1.33. The second-order valence-electron chi connectivity index (χ2n) is 6.69. The fraction of sp³-hybridized carbons (Fsp3) is 0.261. The number of rotatable bonds is 10. The minimum Gasteiger partial charge on any atom is -0.462 e. The first-order chi connectivity index (χ1) is 16.4. The quantitative estimate of drug-likeness (QED) is 0.311. The first-order valence-corrected chi connectivity index (χ1v) is 12.2. The average Bonchev–Trinajstić information content (AvgIpc) is 3.41. The van der Waals surface area contributed by atoms with Gasteiger partial charge >= 0.3 is 11.9 Å². The zero-order chi connectivity index (χ0) is 24.5. The van der Waals surface area contributed by atoms with Crippen molar-refractivity contribution in [1.82, 2.24) is 10.2 Å². The minimum atomic E-state index is -0.624. The number of ether oxygens (including phenoxy) is 2. The lowest BCUT2D eigenvalue weighted by Gasteiger charge is -2.06. The Hall–Kier alpha value is -3.44. The number of hydrogen-bond acceptors (Lipinski definition) is 10. The van der Waals surface area contributed by atoms with Crippen LogP contribution < -0.4 is 5.32 Å². The molecule has 1 amide bonds. The number of carbonyl (C=O) groups excluding carboxylic acids is 3. The van der Waals surface area contributed by atoms with Gasteiger partial charge in [-0.15, -0.1) is 21.5 Å². The van der Waals surface area contributed by atoms with E-state index in [0.717, 1.165) is 28.7 Å². The van der Waals surface area contributed by atoms with Gasteiger partial charge in [0.1, 0.15) is 9.88 Å². The summed E-state index contributed by atoms with van der Waals surface area (Å²) in [5.41, 5.74) is 1.52. The van der Waals surface area contributed by atoms with Crippen LogP contribution in [0, 0.1) is 6.92 Å². The molecule has 0 unspecified atom stereocenters. The molecule has 178 valence electrons. The van der Waals surface area contributed by atoms with Crippen molar-refractivity contribution in [2.45, 2.75) is 26.0 Å². The molecule has 0 aliphatic rings. The average molecular weight is 502 g/mol. The third-order valence-corrected chi connectivity index (χ3v) is 6.31. The number of esters is 2. The van der Waals surface area contributed by atoms with Crippen LogP contribution in [0.25, 0.3) is 12.2 Å². The van der Waals surface area contributed by atoms with Gasteiger partial charge in [-0.3, -0.25) is 4.79 Å². The van der Waals surface area contributed by atoms with E-state index in [1.165, 1.54) is 0 Å². The summed E-state index contributed by atoms with van der Waals surface area (Å²) in [6, 6.07) is 9.65. The molecule has 3 aromatic rings. The SMILES string of the molecule is CCOC(=O)c1sc(NC(=O)CSc2nnc(/C=C/c3ccccc3)o2)c(C(=O)OCC)c1C. The van der Waals surface area contributed by atoms with E-state index in [1.54, 1.807) is 26.8 Å². The van der Waals surface area contributed by atoms with E-state index in [4.69, 9.17) is 13.9 Å². The molecule has 2 heterocycles. The third-order valence-electron chi connectivity index (χ3n) is 4.31. The van der Waals surface area contributed by atoms with Crippen LogP contribution in [-0.2, 0) is 14.3 Å². The molecule has 2 aromatic heterocycles. The van der Waals surface area contributed by atoms with Gasteiger partial charge in [0.15, 0.2) is 0 Å². The number of carbonyl (C=O) groups is 3. The van der Waals surface area contributed by atoms with Gasteiger partial charge < -0.3 is 19.2 Å². The van der Waals surface area contributed by atoms with Crippen LogP contribution >= 0.6 is 23.1 Å². The van der Waals surface area contributed by atoms with E-state index >= 15 is 0 Å². The summed E-state index contributed by atoms with van der Waals surface area (Å²) in [4.78, 5) is 37.5. The van der Waals surface area contributed by atoms with E-state index < -0.39 is 17.8 Å². The second kappa shape index (κ2) is 12.1. The summed E-state index contributed by atoms with van der Waals surface area (Å²) in [7, 11) is 0. The Morgan fingerprint density at radius 3 is 2.47 bits per heavy atom. The Balaban J connectivity index is 1.66. The van der Waals surface area contributed by atoms with E-state index in [1.807, 2.05) is 36.4 Å². The number of anilines is 1. The minimum absolute atomic E-state index is 0.0437. The Bertz CT molecular complexity index is 1190. The van der Waals surface area contributed by atoms with Crippen LogP contribution in [0.2, 0.25) is 0 Å². The lowest BCUT2D eigenvalue weighted by atomic mass is 10.1. The normalized spacial score (nSPS) is 10.9. The number of aromatic nitrogens is 2.